The van der Waals surface area contributed by atoms with Crippen molar-refractivity contribution in [1.29, 1.82) is 0 Å². The van der Waals surface area contributed by atoms with Crippen LogP contribution in [0.1, 0.15) is 15.9 Å². The molecule has 0 fully saturated rings. The van der Waals surface area contributed by atoms with Gasteiger partial charge in [0.15, 0.2) is 4.96 Å². The van der Waals surface area contributed by atoms with Gasteiger partial charge in [0, 0.05) is 46.0 Å². The Balaban J connectivity index is 1.22. The smallest absolute Gasteiger partial charge is 0.255 e. The number of nitrogens with zero attached hydrogens (tertiary/aromatic N) is 4. The van der Waals surface area contributed by atoms with E-state index >= 15 is 0 Å². The molecule has 0 saturated heterocycles. The quantitative estimate of drug-likeness (QED) is 0.237. The Morgan fingerprint density at radius 2 is 1.85 bits per heavy atom. The molecule has 3 N–H and O–H groups in total. The van der Waals surface area contributed by atoms with Crippen LogP contribution < -0.4 is 16.0 Å². The third-order valence-corrected chi connectivity index (χ3v) is 7.33. The molecule has 0 saturated carbocycles. The van der Waals surface area contributed by atoms with Crippen molar-refractivity contribution in [1.82, 2.24) is 19.4 Å². The predicted octanol–water partition coefficient (Wildman–Crippen LogP) is 6.01. The van der Waals surface area contributed by atoms with Crippen LogP contribution in [0, 0.1) is 0 Å². The van der Waals surface area contributed by atoms with Crippen LogP contribution in [-0.2, 0) is 11.2 Å². The number of benzene rings is 3. The third kappa shape index (κ3) is 4.46. The normalized spacial score (nSPS) is 12.2. The Morgan fingerprint density at radius 3 is 2.75 bits per heavy atom. The van der Waals surface area contributed by atoms with Crippen LogP contribution in [0.5, 0.6) is 0 Å². The van der Waals surface area contributed by atoms with Crippen molar-refractivity contribution in [3.05, 3.63) is 108 Å². The highest BCUT2D eigenvalue weighted by Crippen LogP contribution is 2.35. The van der Waals surface area contributed by atoms with Crippen molar-refractivity contribution in [2.75, 3.05) is 16.0 Å². The Kier molecular flexibility index (Phi) is 5.79. The van der Waals surface area contributed by atoms with E-state index in [-0.39, 0.29) is 11.8 Å². The minimum atomic E-state index is -0.179. The van der Waals surface area contributed by atoms with Crippen LogP contribution in [0.4, 0.5) is 23.0 Å². The molecule has 2 amide bonds. The topological polar surface area (TPSA) is 113 Å². The average Bonchev–Trinajstić information content (AvgIpc) is 3.67. The molecule has 0 radical (unpaired) electrons. The molecule has 3 aromatic heterocycles. The van der Waals surface area contributed by atoms with Gasteiger partial charge in [0.25, 0.3) is 5.91 Å². The van der Waals surface area contributed by atoms with Crippen LogP contribution in [-0.4, -0.2) is 31.2 Å². The van der Waals surface area contributed by atoms with Crippen molar-refractivity contribution in [3.63, 3.8) is 0 Å². The lowest BCUT2D eigenvalue weighted by Crippen LogP contribution is -2.11. The van der Waals surface area contributed by atoms with Crippen molar-refractivity contribution < 1.29 is 9.59 Å². The minimum absolute atomic E-state index is 0.0119. The van der Waals surface area contributed by atoms with Crippen LogP contribution in [0.3, 0.4) is 0 Å². The molecule has 1 aliphatic heterocycles. The van der Waals surface area contributed by atoms with Crippen molar-refractivity contribution in [2.45, 2.75) is 6.42 Å². The van der Waals surface area contributed by atoms with E-state index in [1.165, 1.54) is 11.3 Å². The summed E-state index contributed by atoms with van der Waals surface area (Å²) in [7, 11) is 0. The Morgan fingerprint density at radius 1 is 0.950 bits per heavy atom. The Labute approximate surface area is 232 Å². The fourth-order valence-electron chi connectivity index (χ4n) is 4.76. The number of amides is 2. The molecule has 0 spiro atoms. The van der Waals surface area contributed by atoms with E-state index in [1.807, 2.05) is 82.7 Å². The summed E-state index contributed by atoms with van der Waals surface area (Å²) in [6.07, 6.45) is 4.02. The molecule has 3 aromatic carbocycles. The van der Waals surface area contributed by atoms with Gasteiger partial charge in [0.1, 0.15) is 5.69 Å². The summed E-state index contributed by atoms with van der Waals surface area (Å²) in [5.74, 6) is 0.235. The lowest BCUT2D eigenvalue weighted by Gasteiger charge is -2.10. The van der Waals surface area contributed by atoms with E-state index < -0.39 is 0 Å². The number of anilines is 4. The molecule has 6 aromatic rings. The number of fused-ring (bicyclic) bond motifs is 2. The molecule has 4 heterocycles. The molecule has 0 bridgehead atoms. The lowest BCUT2D eigenvalue weighted by atomic mass is 10.1. The van der Waals surface area contributed by atoms with Gasteiger partial charge in [-0.05, 0) is 54.1 Å². The van der Waals surface area contributed by atoms with Crippen molar-refractivity contribution in [3.8, 4) is 22.6 Å². The second kappa shape index (κ2) is 9.75. The second-order valence-corrected chi connectivity index (χ2v) is 10.1. The molecular formula is C30H21N7O2S. The molecule has 194 valence electrons. The number of hydrogen-bond acceptors (Lipinski definition) is 7. The van der Waals surface area contributed by atoms with Gasteiger partial charge >= 0.3 is 0 Å². The van der Waals surface area contributed by atoms with E-state index in [0.717, 1.165) is 38.9 Å². The molecule has 0 aliphatic carbocycles. The fraction of sp³-hybridized carbons (Fsp3) is 0.0333. The molecular weight excluding hydrogens is 522 g/mol. The molecule has 9 nitrogen and oxygen atoms in total. The van der Waals surface area contributed by atoms with Crippen LogP contribution in [0.25, 0.3) is 27.6 Å². The molecule has 1 aliphatic rings. The Hall–Kier alpha value is -5.35. The average molecular weight is 544 g/mol. The number of thiazole rings is 1. The zero-order valence-electron chi connectivity index (χ0n) is 21.0. The van der Waals surface area contributed by atoms with E-state index in [2.05, 4.69) is 20.9 Å². The largest absolute Gasteiger partial charge is 0.326 e. The summed E-state index contributed by atoms with van der Waals surface area (Å²) in [6, 6.07) is 24.3. The summed E-state index contributed by atoms with van der Waals surface area (Å²) >= 11 is 1.53. The van der Waals surface area contributed by atoms with Crippen LogP contribution in [0.2, 0.25) is 0 Å². The van der Waals surface area contributed by atoms with Gasteiger partial charge in [-0.25, -0.2) is 15.0 Å². The molecule has 7 rings (SSSR count). The first-order chi connectivity index (χ1) is 19.6. The van der Waals surface area contributed by atoms with Crippen LogP contribution >= 0.6 is 11.3 Å². The first-order valence-corrected chi connectivity index (χ1v) is 13.4. The zero-order chi connectivity index (χ0) is 27.1. The lowest BCUT2D eigenvalue weighted by molar-refractivity contribution is -0.115. The number of carbonyl (C=O) groups is 2. The standard InChI is InChI=1S/C30H21N7O2S/c38-25-17-20-16-22(9-10-23(20)34-25)33-29-31-12-11-24(35-29)27-26(36-30-37(27)13-14-40-30)19-7-4-8-21(15-19)32-28(39)18-5-2-1-3-6-18/h1-16H,17H2,(H,32,39)(H,34,38)(H,31,33,35). The second-order valence-electron chi connectivity index (χ2n) is 9.25. The highest BCUT2D eigenvalue weighted by atomic mass is 32.1. The number of rotatable bonds is 6. The number of nitrogens with one attached hydrogen (secondary N) is 3. The fourth-order valence-corrected chi connectivity index (χ4v) is 5.47. The van der Waals surface area contributed by atoms with Crippen LogP contribution in [0.15, 0.2) is 96.6 Å². The third-order valence-electron chi connectivity index (χ3n) is 6.58. The summed E-state index contributed by atoms with van der Waals surface area (Å²) in [5.41, 5.74) is 6.91. The highest BCUT2D eigenvalue weighted by molar-refractivity contribution is 7.15. The van der Waals surface area contributed by atoms with Gasteiger partial charge in [0.2, 0.25) is 11.9 Å². The maximum absolute atomic E-state index is 12.7. The molecule has 10 heteroatoms. The van der Waals surface area contributed by atoms with Crippen molar-refractivity contribution in [2.24, 2.45) is 0 Å². The summed E-state index contributed by atoms with van der Waals surface area (Å²) in [6.45, 7) is 0. The van der Waals surface area contributed by atoms with Gasteiger partial charge in [-0.2, -0.15) is 0 Å². The summed E-state index contributed by atoms with van der Waals surface area (Å²) < 4.78 is 2.01. The van der Waals surface area contributed by atoms with Gasteiger partial charge in [-0.15, -0.1) is 11.3 Å². The Bertz CT molecular complexity index is 1910. The SMILES string of the molecule is O=C1Cc2cc(Nc3nccc(-c4c(-c5cccc(NC(=O)c6ccccc6)c5)nc5sccn45)n3)ccc2N1. The number of imidazole rings is 1. The van der Waals surface area contributed by atoms with E-state index in [4.69, 9.17) is 9.97 Å². The minimum Gasteiger partial charge on any atom is -0.326 e. The van der Waals surface area contributed by atoms with E-state index in [1.54, 1.807) is 18.3 Å². The predicted molar refractivity (Wildman–Crippen MR) is 156 cm³/mol. The van der Waals surface area contributed by atoms with Crippen molar-refractivity contribution >= 4 is 51.1 Å². The zero-order valence-corrected chi connectivity index (χ0v) is 21.8. The van der Waals surface area contributed by atoms with Gasteiger partial charge in [0.05, 0.1) is 17.8 Å². The number of carbonyl (C=O) groups excluding carboxylic acids is 2. The first kappa shape index (κ1) is 23.7. The number of aromatic nitrogens is 4. The molecule has 40 heavy (non-hydrogen) atoms. The maximum Gasteiger partial charge on any atom is 0.255 e. The van der Waals surface area contributed by atoms with Gasteiger partial charge in [-0.3, -0.25) is 14.0 Å². The summed E-state index contributed by atoms with van der Waals surface area (Å²) in [4.78, 5) is 39.4. The maximum atomic E-state index is 12.7. The van der Waals surface area contributed by atoms with Gasteiger partial charge in [-0.1, -0.05) is 30.3 Å². The highest BCUT2D eigenvalue weighted by Gasteiger charge is 2.20. The monoisotopic (exact) mass is 543 g/mol. The number of hydrogen-bond donors (Lipinski definition) is 3. The summed E-state index contributed by atoms with van der Waals surface area (Å²) in [5, 5.41) is 11.1. The first-order valence-electron chi connectivity index (χ1n) is 12.6. The van der Waals surface area contributed by atoms with E-state index in [0.29, 0.717) is 29.3 Å². The molecule has 0 unspecified atom stereocenters. The molecule has 0 atom stereocenters. The van der Waals surface area contributed by atoms with Gasteiger partial charge < -0.3 is 16.0 Å². The van der Waals surface area contributed by atoms with E-state index in [9.17, 15) is 9.59 Å².